The van der Waals surface area contributed by atoms with Crippen LogP contribution in [-0.2, 0) is 23.9 Å². The molecule has 35 heavy (non-hydrogen) atoms. The van der Waals surface area contributed by atoms with E-state index in [2.05, 4.69) is 65.2 Å². The van der Waals surface area contributed by atoms with Crippen molar-refractivity contribution in [2.24, 2.45) is 0 Å². The van der Waals surface area contributed by atoms with Crippen LogP contribution in [0.25, 0.3) is 0 Å². The van der Waals surface area contributed by atoms with Crippen molar-refractivity contribution in [1.82, 2.24) is 9.80 Å². The number of hydrogen-bond acceptors (Lipinski definition) is 8. The van der Waals surface area contributed by atoms with Crippen molar-refractivity contribution in [3.63, 3.8) is 0 Å². The van der Waals surface area contributed by atoms with Crippen molar-refractivity contribution >= 4 is 17.9 Å². The van der Waals surface area contributed by atoms with Gasteiger partial charge in [0.05, 0.1) is 12.8 Å². The first-order chi connectivity index (χ1) is 15.6. The fourth-order valence-electron chi connectivity index (χ4n) is 5.87. The number of carbonyl (C=O) groups is 3. The Hall–Kier alpha value is -1.71. The first kappa shape index (κ1) is 29.5. The normalized spacial score (nSPS) is 25.1. The lowest BCUT2D eigenvalue weighted by Crippen LogP contribution is -2.60. The number of likely N-dealkylation sites (tertiary alicyclic amines) is 2. The van der Waals surface area contributed by atoms with E-state index in [4.69, 9.17) is 9.47 Å². The summed E-state index contributed by atoms with van der Waals surface area (Å²) in [6.07, 6.45) is -0.178. The maximum atomic E-state index is 12.7. The van der Waals surface area contributed by atoms with Crippen LogP contribution in [0.5, 0.6) is 0 Å². The van der Waals surface area contributed by atoms with Crippen LogP contribution in [0.2, 0.25) is 0 Å². The minimum Gasteiger partial charge on any atom is -0.479 e. The van der Waals surface area contributed by atoms with Crippen molar-refractivity contribution < 1.29 is 34.1 Å². The van der Waals surface area contributed by atoms with E-state index in [1.165, 1.54) is 0 Å². The molecule has 2 rings (SSSR count). The number of aliphatic carboxylic acids is 1. The fraction of sp³-hybridized carbons (Fsp3) is 0.885. The molecule has 9 nitrogen and oxygen atoms in total. The third-order valence-corrected chi connectivity index (χ3v) is 8.41. The molecular weight excluding hydrogens is 452 g/mol. The highest BCUT2D eigenvalue weighted by Gasteiger charge is 2.48. The van der Waals surface area contributed by atoms with Gasteiger partial charge in [-0.3, -0.25) is 19.4 Å². The summed E-state index contributed by atoms with van der Waals surface area (Å²) in [6.45, 7) is 16.5. The zero-order valence-corrected chi connectivity index (χ0v) is 23.2. The lowest BCUT2D eigenvalue weighted by Gasteiger charge is -2.53. The SMILES string of the molecule is CN1C(C)(C)CC(OC(=O)CC(O)(CC(=O)OC2CC(C)(C)N(C)C(C)(C)C2)C(=O)O)CC1(C)C. The molecular formula is C26H46N2O7. The number of rotatable bonds is 7. The Labute approximate surface area is 210 Å². The van der Waals surface area contributed by atoms with Gasteiger partial charge in [-0.2, -0.15) is 0 Å². The number of carbonyl (C=O) groups excluding carboxylic acids is 2. The minimum absolute atomic E-state index is 0.227. The maximum absolute atomic E-state index is 12.7. The Morgan fingerprint density at radius 2 is 0.971 bits per heavy atom. The predicted octanol–water partition coefficient (Wildman–Crippen LogP) is 2.97. The molecule has 0 aromatic rings. The second kappa shape index (κ2) is 9.63. The van der Waals surface area contributed by atoms with Gasteiger partial charge in [-0.1, -0.05) is 0 Å². The zero-order valence-electron chi connectivity index (χ0n) is 23.2. The van der Waals surface area contributed by atoms with Crippen LogP contribution in [-0.4, -0.2) is 92.0 Å². The summed E-state index contributed by atoms with van der Waals surface area (Å²) in [5.41, 5.74) is -3.50. The minimum atomic E-state index is -2.60. The third kappa shape index (κ3) is 6.74. The van der Waals surface area contributed by atoms with E-state index in [0.29, 0.717) is 25.7 Å². The Kier molecular flexibility index (Phi) is 8.12. The van der Waals surface area contributed by atoms with E-state index in [0.717, 1.165) is 0 Å². The molecule has 0 radical (unpaired) electrons. The van der Waals surface area contributed by atoms with Gasteiger partial charge in [-0.25, -0.2) is 4.79 Å². The highest BCUT2D eigenvalue weighted by molar-refractivity contribution is 5.89. The molecule has 2 fully saturated rings. The number of nitrogens with zero attached hydrogens (tertiary/aromatic N) is 2. The number of piperidine rings is 2. The zero-order chi connectivity index (χ0) is 27.2. The highest BCUT2D eigenvalue weighted by atomic mass is 16.6. The van der Waals surface area contributed by atoms with Crippen molar-refractivity contribution in [3.05, 3.63) is 0 Å². The number of hydrogen-bond donors (Lipinski definition) is 2. The van der Waals surface area contributed by atoms with E-state index >= 15 is 0 Å². The lowest BCUT2D eigenvalue weighted by atomic mass is 9.78. The average molecular weight is 499 g/mol. The van der Waals surface area contributed by atoms with Gasteiger partial charge in [0, 0.05) is 47.8 Å². The molecule has 2 saturated heterocycles. The second-order valence-electron chi connectivity index (χ2n) is 13.1. The Morgan fingerprint density at radius 3 is 1.20 bits per heavy atom. The van der Waals surface area contributed by atoms with Crippen molar-refractivity contribution in [1.29, 1.82) is 0 Å². The van der Waals surface area contributed by atoms with Gasteiger partial charge < -0.3 is 19.7 Å². The molecule has 0 aromatic heterocycles. The van der Waals surface area contributed by atoms with E-state index in [9.17, 15) is 24.6 Å². The molecule has 2 N–H and O–H groups in total. The standard InChI is InChI=1S/C26H46N2O7/c1-22(2)11-17(12-23(3,4)27(22)9)34-19(29)15-26(33,21(31)32)16-20(30)35-18-13-24(5,6)28(10)25(7,8)14-18/h17-18,33H,11-16H2,1-10H3,(H,31,32). The van der Waals surface area contributed by atoms with Crippen molar-refractivity contribution in [2.75, 3.05) is 14.1 Å². The first-order valence-corrected chi connectivity index (χ1v) is 12.4. The number of carboxylic acid groups (broad SMARTS) is 1. The molecule has 0 saturated carbocycles. The molecule has 202 valence electrons. The monoisotopic (exact) mass is 498 g/mol. The topological polar surface area (TPSA) is 117 Å². The summed E-state index contributed by atoms with van der Waals surface area (Å²) in [5, 5.41) is 20.4. The van der Waals surface area contributed by atoms with Crippen LogP contribution in [0.1, 0.15) is 93.9 Å². The summed E-state index contributed by atoms with van der Waals surface area (Å²) < 4.78 is 11.2. The maximum Gasteiger partial charge on any atom is 0.336 e. The molecule has 2 heterocycles. The molecule has 9 heteroatoms. The third-order valence-electron chi connectivity index (χ3n) is 8.41. The molecule has 0 amide bonds. The smallest absolute Gasteiger partial charge is 0.336 e. The van der Waals surface area contributed by atoms with Crippen LogP contribution in [0.3, 0.4) is 0 Å². The summed E-state index contributed by atoms with van der Waals surface area (Å²) in [7, 11) is 4.05. The molecule has 0 unspecified atom stereocenters. The summed E-state index contributed by atoms with van der Waals surface area (Å²) in [6, 6.07) is 0. The van der Waals surface area contributed by atoms with Gasteiger partial charge in [0.1, 0.15) is 12.2 Å². The largest absolute Gasteiger partial charge is 0.479 e. The number of ether oxygens (including phenoxy) is 2. The summed E-state index contributed by atoms with van der Waals surface area (Å²) >= 11 is 0. The average Bonchev–Trinajstić information content (AvgIpc) is 2.62. The van der Waals surface area contributed by atoms with Gasteiger partial charge >= 0.3 is 17.9 Å². The van der Waals surface area contributed by atoms with Gasteiger partial charge in [0.2, 0.25) is 0 Å². The van der Waals surface area contributed by atoms with Gasteiger partial charge in [-0.15, -0.1) is 0 Å². The van der Waals surface area contributed by atoms with Crippen molar-refractivity contribution in [2.45, 2.75) is 134 Å². The number of carboxylic acids is 1. The highest BCUT2D eigenvalue weighted by Crippen LogP contribution is 2.39. The summed E-state index contributed by atoms with van der Waals surface area (Å²) in [4.78, 5) is 41.8. The number of aliphatic hydroxyl groups is 1. The van der Waals surface area contributed by atoms with E-state index in [1.807, 2.05) is 14.1 Å². The van der Waals surface area contributed by atoms with Crippen LogP contribution in [0.4, 0.5) is 0 Å². The summed E-state index contributed by atoms with van der Waals surface area (Å²) in [5.74, 6) is -3.34. The van der Waals surface area contributed by atoms with Crippen molar-refractivity contribution in [3.8, 4) is 0 Å². The van der Waals surface area contributed by atoms with E-state index < -0.39 is 48.6 Å². The van der Waals surface area contributed by atoms with Crippen LogP contribution in [0.15, 0.2) is 0 Å². The van der Waals surface area contributed by atoms with Gasteiger partial charge in [0.15, 0.2) is 5.60 Å². The Balaban J connectivity index is 2.04. The van der Waals surface area contributed by atoms with Gasteiger partial charge in [0.25, 0.3) is 0 Å². The second-order valence-corrected chi connectivity index (χ2v) is 13.1. The molecule has 2 aliphatic rings. The van der Waals surface area contributed by atoms with E-state index in [1.54, 1.807) is 0 Å². The Bertz CT molecular complexity index is 740. The Morgan fingerprint density at radius 1 is 0.714 bits per heavy atom. The molecule has 0 spiro atoms. The van der Waals surface area contributed by atoms with E-state index in [-0.39, 0.29) is 22.2 Å². The quantitative estimate of drug-likeness (QED) is 0.511. The molecule has 2 aliphatic heterocycles. The molecule has 0 atom stereocenters. The predicted molar refractivity (Wildman–Crippen MR) is 132 cm³/mol. The lowest BCUT2D eigenvalue weighted by molar-refractivity contribution is -0.181. The van der Waals surface area contributed by atoms with Crippen LogP contribution < -0.4 is 0 Å². The fourth-order valence-corrected chi connectivity index (χ4v) is 5.87. The van der Waals surface area contributed by atoms with Crippen LogP contribution in [0, 0.1) is 0 Å². The molecule has 0 aliphatic carbocycles. The van der Waals surface area contributed by atoms with Crippen LogP contribution >= 0.6 is 0 Å². The number of esters is 2. The van der Waals surface area contributed by atoms with Gasteiger partial charge in [-0.05, 0) is 69.5 Å². The molecule has 0 bridgehead atoms. The molecule has 0 aromatic carbocycles. The first-order valence-electron chi connectivity index (χ1n) is 12.4.